The molecule has 0 bridgehead atoms. The normalized spacial score (nSPS) is 12.2. The predicted octanol–water partition coefficient (Wildman–Crippen LogP) is -0.0961. The van der Waals surface area contributed by atoms with Gasteiger partial charge in [0, 0.05) is 6.92 Å². The van der Waals surface area contributed by atoms with Gasteiger partial charge < -0.3 is 5.32 Å². The van der Waals surface area contributed by atoms with Crippen molar-refractivity contribution in [2.45, 2.75) is 26.8 Å². The SMILES string of the molecule is CC(=O)NC(C(=O)Nc1ncn[nH]1)C(C)C. The van der Waals surface area contributed by atoms with Crippen LogP contribution in [-0.2, 0) is 9.59 Å². The number of rotatable bonds is 4. The number of nitrogens with zero attached hydrogens (tertiary/aromatic N) is 2. The van der Waals surface area contributed by atoms with Crippen molar-refractivity contribution in [3.8, 4) is 0 Å². The fraction of sp³-hybridized carbons (Fsp3) is 0.556. The molecule has 0 radical (unpaired) electrons. The lowest BCUT2D eigenvalue weighted by molar-refractivity contribution is -0.126. The molecule has 1 atom stereocenters. The van der Waals surface area contributed by atoms with Crippen LogP contribution >= 0.6 is 0 Å². The quantitative estimate of drug-likeness (QED) is 0.666. The molecule has 1 heterocycles. The Morgan fingerprint density at radius 1 is 1.44 bits per heavy atom. The molecule has 16 heavy (non-hydrogen) atoms. The van der Waals surface area contributed by atoms with Crippen molar-refractivity contribution >= 4 is 17.8 Å². The third-order valence-corrected chi connectivity index (χ3v) is 1.96. The lowest BCUT2D eigenvalue weighted by Crippen LogP contribution is -2.46. The van der Waals surface area contributed by atoms with Crippen LogP contribution in [0.5, 0.6) is 0 Å². The summed E-state index contributed by atoms with van der Waals surface area (Å²) < 4.78 is 0. The summed E-state index contributed by atoms with van der Waals surface area (Å²) in [7, 11) is 0. The van der Waals surface area contributed by atoms with E-state index in [-0.39, 0.29) is 23.7 Å². The van der Waals surface area contributed by atoms with Gasteiger partial charge in [-0.3, -0.25) is 14.9 Å². The van der Waals surface area contributed by atoms with E-state index in [0.29, 0.717) is 0 Å². The molecule has 1 aromatic heterocycles. The highest BCUT2D eigenvalue weighted by Crippen LogP contribution is 2.04. The van der Waals surface area contributed by atoms with E-state index in [2.05, 4.69) is 25.8 Å². The van der Waals surface area contributed by atoms with E-state index in [4.69, 9.17) is 0 Å². The van der Waals surface area contributed by atoms with Crippen LogP contribution in [0, 0.1) is 5.92 Å². The van der Waals surface area contributed by atoms with E-state index >= 15 is 0 Å². The molecule has 1 rings (SSSR count). The Morgan fingerprint density at radius 3 is 2.56 bits per heavy atom. The lowest BCUT2D eigenvalue weighted by atomic mass is 10.0. The minimum Gasteiger partial charge on any atom is -0.344 e. The van der Waals surface area contributed by atoms with Crippen molar-refractivity contribution in [2.24, 2.45) is 5.92 Å². The standard InChI is InChI=1S/C9H15N5O2/c1-5(2)7(12-6(3)15)8(16)13-9-10-4-11-14-9/h4-5,7H,1-3H3,(H,12,15)(H2,10,11,13,14,16). The second-order valence-electron chi connectivity index (χ2n) is 3.75. The van der Waals surface area contributed by atoms with Crippen LogP contribution in [0.25, 0.3) is 0 Å². The predicted molar refractivity (Wildman–Crippen MR) is 57.5 cm³/mol. The number of anilines is 1. The summed E-state index contributed by atoms with van der Waals surface area (Å²) in [6, 6.07) is -0.581. The average molecular weight is 225 g/mol. The number of nitrogens with one attached hydrogen (secondary N) is 3. The molecule has 0 saturated carbocycles. The first kappa shape index (κ1) is 12.2. The molecule has 0 fully saturated rings. The molecule has 0 aliphatic heterocycles. The van der Waals surface area contributed by atoms with Gasteiger partial charge in [0.15, 0.2) is 0 Å². The van der Waals surface area contributed by atoms with Crippen molar-refractivity contribution in [3.05, 3.63) is 6.33 Å². The second kappa shape index (κ2) is 5.24. The molecule has 1 aromatic rings. The Kier molecular flexibility index (Phi) is 3.98. The molecular formula is C9H15N5O2. The zero-order chi connectivity index (χ0) is 12.1. The fourth-order valence-corrected chi connectivity index (χ4v) is 1.21. The van der Waals surface area contributed by atoms with Crippen LogP contribution in [0.3, 0.4) is 0 Å². The van der Waals surface area contributed by atoms with Crippen LogP contribution in [0.15, 0.2) is 6.33 Å². The van der Waals surface area contributed by atoms with Gasteiger partial charge in [0.05, 0.1) is 0 Å². The Labute approximate surface area is 93.0 Å². The number of amides is 2. The van der Waals surface area contributed by atoms with Crippen LogP contribution in [-0.4, -0.2) is 33.0 Å². The van der Waals surface area contributed by atoms with Crippen LogP contribution in [0.4, 0.5) is 5.95 Å². The first-order chi connectivity index (χ1) is 7.50. The summed E-state index contributed by atoms with van der Waals surface area (Å²) in [4.78, 5) is 26.5. The molecule has 7 nitrogen and oxygen atoms in total. The molecule has 0 saturated heterocycles. The van der Waals surface area contributed by atoms with Gasteiger partial charge in [-0.2, -0.15) is 10.1 Å². The molecule has 0 aliphatic carbocycles. The molecule has 1 unspecified atom stereocenters. The zero-order valence-corrected chi connectivity index (χ0v) is 9.44. The smallest absolute Gasteiger partial charge is 0.249 e. The monoisotopic (exact) mass is 225 g/mol. The van der Waals surface area contributed by atoms with E-state index in [9.17, 15) is 9.59 Å². The van der Waals surface area contributed by atoms with Gasteiger partial charge in [-0.15, -0.1) is 0 Å². The maximum atomic E-state index is 11.8. The Balaban J connectivity index is 2.64. The van der Waals surface area contributed by atoms with Crippen molar-refractivity contribution in [1.29, 1.82) is 0 Å². The van der Waals surface area contributed by atoms with Gasteiger partial charge in [0.1, 0.15) is 12.4 Å². The van der Waals surface area contributed by atoms with Gasteiger partial charge in [-0.05, 0) is 5.92 Å². The van der Waals surface area contributed by atoms with Crippen LogP contribution < -0.4 is 10.6 Å². The summed E-state index contributed by atoms with van der Waals surface area (Å²) in [6.45, 7) is 5.07. The highest BCUT2D eigenvalue weighted by atomic mass is 16.2. The van der Waals surface area contributed by atoms with Gasteiger partial charge in [-0.25, -0.2) is 5.10 Å². The number of carbonyl (C=O) groups is 2. The summed E-state index contributed by atoms with van der Waals surface area (Å²) in [5, 5.41) is 11.2. The minimum atomic E-state index is -0.581. The number of H-pyrrole nitrogens is 1. The minimum absolute atomic E-state index is 0.00757. The van der Waals surface area contributed by atoms with Crippen molar-refractivity contribution < 1.29 is 9.59 Å². The average Bonchev–Trinajstić information content (AvgIpc) is 2.65. The highest BCUT2D eigenvalue weighted by Gasteiger charge is 2.23. The molecule has 2 amide bonds. The lowest BCUT2D eigenvalue weighted by Gasteiger charge is -2.19. The van der Waals surface area contributed by atoms with Crippen molar-refractivity contribution in [1.82, 2.24) is 20.5 Å². The Bertz CT molecular complexity index is 360. The Hall–Kier alpha value is -1.92. The summed E-state index contributed by atoms with van der Waals surface area (Å²) in [5.74, 6) is -0.304. The number of carbonyl (C=O) groups excluding carboxylic acids is 2. The van der Waals surface area contributed by atoms with E-state index in [1.807, 2.05) is 13.8 Å². The largest absolute Gasteiger partial charge is 0.344 e. The summed E-state index contributed by atoms with van der Waals surface area (Å²) >= 11 is 0. The van der Waals surface area contributed by atoms with Crippen molar-refractivity contribution in [2.75, 3.05) is 5.32 Å². The number of hydrogen-bond acceptors (Lipinski definition) is 4. The van der Waals surface area contributed by atoms with E-state index < -0.39 is 6.04 Å². The number of aromatic nitrogens is 3. The molecule has 3 N–H and O–H groups in total. The van der Waals surface area contributed by atoms with Gasteiger partial charge in [0.2, 0.25) is 17.8 Å². The molecule has 0 aliphatic rings. The van der Waals surface area contributed by atoms with E-state index in [1.54, 1.807) is 0 Å². The van der Waals surface area contributed by atoms with Gasteiger partial charge in [-0.1, -0.05) is 13.8 Å². The first-order valence-electron chi connectivity index (χ1n) is 4.94. The maximum Gasteiger partial charge on any atom is 0.249 e. The van der Waals surface area contributed by atoms with Crippen LogP contribution in [0.2, 0.25) is 0 Å². The molecular weight excluding hydrogens is 210 g/mol. The van der Waals surface area contributed by atoms with Gasteiger partial charge >= 0.3 is 0 Å². The number of aromatic amines is 1. The van der Waals surface area contributed by atoms with Crippen LogP contribution in [0.1, 0.15) is 20.8 Å². The Morgan fingerprint density at radius 2 is 2.12 bits per heavy atom. The van der Waals surface area contributed by atoms with E-state index in [0.717, 1.165) is 0 Å². The fourth-order valence-electron chi connectivity index (χ4n) is 1.21. The molecule has 7 heteroatoms. The molecule has 0 aromatic carbocycles. The second-order valence-corrected chi connectivity index (χ2v) is 3.75. The topological polar surface area (TPSA) is 99.8 Å². The summed E-state index contributed by atoms with van der Waals surface area (Å²) in [6.07, 6.45) is 1.29. The first-order valence-corrected chi connectivity index (χ1v) is 4.94. The van der Waals surface area contributed by atoms with Gasteiger partial charge in [0.25, 0.3) is 0 Å². The zero-order valence-electron chi connectivity index (χ0n) is 9.44. The van der Waals surface area contributed by atoms with Crippen molar-refractivity contribution in [3.63, 3.8) is 0 Å². The number of hydrogen-bond donors (Lipinski definition) is 3. The maximum absolute atomic E-state index is 11.8. The summed E-state index contributed by atoms with van der Waals surface area (Å²) in [5.41, 5.74) is 0. The third-order valence-electron chi connectivity index (χ3n) is 1.96. The van der Waals surface area contributed by atoms with E-state index in [1.165, 1.54) is 13.3 Å². The molecule has 0 spiro atoms. The molecule has 88 valence electrons. The highest BCUT2D eigenvalue weighted by molar-refractivity contribution is 5.95. The third kappa shape index (κ3) is 3.34.